The van der Waals surface area contributed by atoms with Gasteiger partial charge in [0, 0.05) is 11.8 Å². The van der Waals surface area contributed by atoms with E-state index in [0.29, 0.717) is 0 Å². The molecule has 0 aliphatic rings. The van der Waals surface area contributed by atoms with Gasteiger partial charge >= 0.3 is 5.97 Å². The average Bonchev–Trinajstić information content (AvgIpc) is 2.28. The first-order chi connectivity index (χ1) is 8.35. The van der Waals surface area contributed by atoms with Gasteiger partial charge in [0.2, 0.25) is 0 Å². The Morgan fingerprint density at radius 3 is 2.67 bits per heavy atom. The van der Waals surface area contributed by atoms with Crippen LogP contribution in [0, 0.1) is 5.82 Å². The Morgan fingerprint density at radius 2 is 2.11 bits per heavy atom. The zero-order valence-corrected chi connectivity index (χ0v) is 10.5. The fourth-order valence-electron chi connectivity index (χ4n) is 1.22. The fourth-order valence-corrected chi connectivity index (χ4v) is 1.84. The molecule has 0 saturated carbocycles. The Balaban J connectivity index is 2.78. The smallest absolute Gasteiger partial charge is 0.339 e. The van der Waals surface area contributed by atoms with Crippen molar-refractivity contribution in [3.8, 4) is 5.75 Å². The minimum Gasteiger partial charge on any atom is -0.492 e. The van der Waals surface area contributed by atoms with Crippen LogP contribution in [0.2, 0.25) is 0 Å². The maximum Gasteiger partial charge on any atom is 0.339 e. The standard InChI is InChI=1S/C11H13FO5S/c1-2-18(15,16)6-5-17-10-7-8(12)3-4-9(10)11(13)14/h3-4,7H,2,5-6H2,1H3,(H,13,14). The van der Waals surface area contributed by atoms with Crippen molar-refractivity contribution in [2.45, 2.75) is 6.92 Å². The molecule has 1 aromatic rings. The topological polar surface area (TPSA) is 80.7 Å². The number of rotatable bonds is 6. The molecule has 0 atom stereocenters. The molecule has 0 saturated heterocycles. The molecule has 0 heterocycles. The van der Waals surface area contributed by atoms with E-state index in [2.05, 4.69) is 0 Å². The van der Waals surface area contributed by atoms with Gasteiger partial charge in [0.1, 0.15) is 23.7 Å². The monoisotopic (exact) mass is 276 g/mol. The van der Waals surface area contributed by atoms with Gasteiger partial charge < -0.3 is 9.84 Å². The van der Waals surface area contributed by atoms with Crippen molar-refractivity contribution >= 4 is 15.8 Å². The van der Waals surface area contributed by atoms with Gasteiger partial charge in [-0.1, -0.05) is 6.92 Å². The lowest BCUT2D eigenvalue weighted by molar-refractivity contribution is 0.0692. The summed E-state index contributed by atoms with van der Waals surface area (Å²) in [4.78, 5) is 10.8. The maximum absolute atomic E-state index is 12.9. The van der Waals surface area contributed by atoms with Crippen molar-refractivity contribution in [1.29, 1.82) is 0 Å². The van der Waals surface area contributed by atoms with E-state index in [9.17, 15) is 17.6 Å². The van der Waals surface area contributed by atoms with Crippen molar-refractivity contribution in [2.24, 2.45) is 0 Å². The van der Waals surface area contributed by atoms with E-state index in [-0.39, 0.29) is 29.4 Å². The minimum atomic E-state index is -3.20. The molecular weight excluding hydrogens is 263 g/mol. The number of ether oxygens (including phenoxy) is 1. The molecule has 18 heavy (non-hydrogen) atoms. The Kier molecular flexibility index (Phi) is 4.66. The molecular formula is C11H13FO5S. The highest BCUT2D eigenvalue weighted by molar-refractivity contribution is 7.91. The number of carbonyl (C=O) groups is 1. The SMILES string of the molecule is CCS(=O)(=O)CCOc1cc(F)ccc1C(=O)O. The summed E-state index contributed by atoms with van der Waals surface area (Å²) in [6, 6.07) is 2.99. The average molecular weight is 276 g/mol. The summed E-state index contributed by atoms with van der Waals surface area (Å²) >= 11 is 0. The molecule has 0 fully saturated rings. The van der Waals surface area contributed by atoms with E-state index in [4.69, 9.17) is 9.84 Å². The number of hydrogen-bond donors (Lipinski definition) is 1. The van der Waals surface area contributed by atoms with Crippen LogP contribution in [0.25, 0.3) is 0 Å². The van der Waals surface area contributed by atoms with E-state index in [1.165, 1.54) is 6.92 Å². The summed E-state index contributed by atoms with van der Waals surface area (Å²) in [5.74, 6) is -2.34. The molecule has 1 N–H and O–H groups in total. The Morgan fingerprint density at radius 1 is 1.44 bits per heavy atom. The predicted octanol–water partition coefficient (Wildman–Crippen LogP) is 1.34. The molecule has 1 rings (SSSR count). The highest BCUT2D eigenvalue weighted by Crippen LogP contribution is 2.20. The van der Waals surface area contributed by atoms with Gasteiger partial charge in [0.15, 0.2) is 9.84 Å². The number of carboxylic acids is 1. The molecule has 7 heteroatoms. The summed E-state index contributed by atoms with van der Waals surface area (Å²) in [5, 5.41) is 8.84. The molecule has 0 aromatic heterocycles. The van der Waals surface area contributed by atoms with E-state index in [1.54, 1.807) is 0 Å². The van der Waals surface area contributed by atoms with Gasteiger partial charge in [-0.05, 0) is 12.1 Å². The van der Waals surface area contributed by atoms with Gasteiger partial charge in [-0.25, -0.2) is 17.6 Å². The van der Waals surface area contributed by atoms with Gasteiger partial charge in [-0.15, -0.1) is 0 Å². The van der Waals surface area contributed by atoms with Crippen LogP contribution in [0.15, 0.2) is 18.2 Å². The Bertz CT molecular complexity index is 538. The maximum atomic E-state index is 12.9. The summed E-state index contributed by atoms with van der Waals surface area (Å²) in [5.41, 5.74) is -0.203. The summed E-state index contributed by atoms with van der Waals surface area (Å²) < 4.78 is 40.4. The lowest BCUT2D eigenvalue weighted by Gasteiger charge is -2.09. The van der Waals surface area contributed by atoms with Gasteiger partial charge in [-0.3, -0.25) is 0 Å². The van der Waals surface area contributed by atoms with E-state index in [0.717, 1.165) is 18.2 Å². The largest absolute Gasteiger partial charge is 0.492 e. The van der Waals surface area contributed by atoms with Crippen molar-refractivity contribution < 1.29 is 27.4 Å². The molecule has 0 unspecified atom stereocenters. The number of sulfone groups is 1. The molecule has 0 aliphatic carbocycles. The van der Waals surface area contributed by atoms with Gasteiger partial charge in [0.25, 0.3) is 0 Å². The summed E-state index contributed by atoms with van der Waals surface area (Å²) in [6.45, 7) is 1.29. The molecule has 0 aliphatic heterocycles. The zero-order chi connectivity index (χ0) is 13.8. The number of benzene rings is 1. The molecule has 0 amide bonds. The molecule has 5 nitrogen and oxygen atoms in total. The molecule has 0 bridgehead atoms. The third-order valence-electron chi connectivity index (χ3n) is 2.27. The molecule has 1 aromatic carbocycles. The quantitative estimate of drug-likeness (QED) is 0.848. The van der Waals surface area contributed by atoms with Crippen molar-refractivity contribution in [1.82, 2.24) is 0 Å². The summed E-state index contributed by atoms with van der Waals surface area (Å²) in [7, 11) is -3.20. The normalized spacial score (nSPS) is 11.2. The Hall–Kier alpha value is -1.63. The number of halogens is 1. The highest BCUT2D eigenvalue weighted by atomic mass is 32.2. The lowest BCUT2D eigenvalue weighted by Crippen LogP contribution is -2.16. The van der Waals surface area contributed by atoms with Crippen LogP contribution in [0.1, 0.15) is 17.3 Å². The minimum absolute atomic E-state index is 0.0225. The van der Waals surface area contributed by atoms with Crippen LogP contribution in [-0.2, 0) is 9.84 Å². The van der Waals surface area contributed by atoms with Gasteiger partial charge in [-0.2, -0.15) is 0 Å². The fraction of sp³-hybridized carbons (Fsp3) is 0.364. The van der Waals surface area contributed by atoms with Crippen LogP contribution in [0.4, 0.5) is 4.39 Å². The second-order valence-electron chi connectivity index (χ2n) is 3.53. The molecule has 100 valence electrons. The first-order valence-electron chi connectivity index (χ1n) is 5.22. The molecule has 0 spiro atoms. The highest BCUT2D eigenvalue weighted by Gasteiger charge is 2.14. The zero-order valence-electron chi connectivity index (χ0n) is 9.72. The van der Waals surface area contributed by atoms with Crippen LogP contribution < -0.4 is 4.74 Å². The number of carboxylic acid groups (broad SMARTS) is 1. The van der Waals surface area contributed by atoms with Crippen LogP contribution in [-0.4, -0.2) is 37.6 Å². The number of hydrogen-bond acceptors (Lipinski definition) is 4. The predicted molar refractivity (Wildman–Crippen MR) is 63.2 cm³/mol. The first kappa shape index (κ1) is 14.4. The number of aromatic carboxylic acids is 1. The third-order valence-corrected chi connectivity index (χ3v) is 3.93. The summed E-state index contributed by atoms with van der Waals surface area (Å²) in [6.07, 6.45) is 0. The van der Waals surface area contributed by atoms with Gasteiger partial charge in [0.05, 0.1) is 5.75 Å². The van der Waals surface area contributed by atoms with Crippen LogP contribution in [0.5, 0.6) is 5.75 Å². The van der Waals surface area contributed by atoms with E-state index in [1.807, 2.05) is 0 Å². The van der Waals surface area contributed by atoms with Crippen LogP contribution in [0.3, 0.4) is 0 Å². The van der Waals surface area contributed by atoms with E-state index < -0.39 is 21.6 Å². The molecule has 0 radical (unpaired) electrons. The van der Waals surface area contributed by atoms with Crippen molar-refractivity contribution in [3.63, 3.8) is 0 Å². The first-order valence-corrected chi connectivity index (χ1v) is 7.04. The van der Waals surface area contributed by atoms with E-state index >= 15 is 0 Å². The van der Waals surface area contributed by atoms with Crippen molar-refractivity contribution in [2.75, 3.05) is 18.1 Å². The second-order valence-corrected chi connectivity index (χ2v) is 6.00. The third kappa shape index (κ3) is 3.99. The van der Waals surface area contributed by atoms with Crippen molar-refractivity contribution in [3.05, 3.63) is 29.6 Å². The second kappa shape index (κ2) is 5.81. The lowest BCUT2D eigenvalue weighted by atomic mass is 10.2. The van der Waals surface area contributed by atoms with Crippen LogP contribution >= 0.6 is 0 Å². The Labute approximate surface area is 104 Å².